The Morgan fingerprint density at radius 3 is 2.41 bits per heavy atom. The molecule has 29 heavy (non-hydrogen) atoms. The fourth-order valence-electron chi connectivity index (χ4n) is 2.05. The number of halogens is 2. The fraction of sp³-hybridized carbons (Fsp3) is 0.200. The third kappa shape index (κ3) is 6.90. The highest BCUT2D eigenvalue weighted by molar-refractivity contribution is 7.86. The normalized spacial score (nSPS) is 12.4. The Labute approximate surface area is 170 Å². The molecule has 0 atom stereocenters. The van der Waals surface area contributed by atoms with Crippen molar-refractivity contribution < 1.29 is 35.1 Å². The first-order valence-corrected chi connectivity index (χ1v) is 11.2. The summed E-state index contributed by atoms with van der Waals surface area (Å²) in [6.45, 7) is -0.124. The maximum atomic E-state index is 14.1. The van der Waals surface area contributed by atoms with E-state index in [9.17, 15) is 21.2 Å². The molecule has 0 aliphatic heterocycles. The maximum Gasteiger partial charge on any atom is 0.296 e. The van der Waals surface area contributed by atoms with Crippen LogP contribution in [0.5, 0.6) is 5.75 Å². The van der Waals surface area contributed by atoms with E-state index in [0.29, 0.717) is 0 Å². The third-order valence-electron chi connectivity index (χ3n) is 3.35. The van der Waals surface area contributed by atoms with Crippen LogP contribution < -0.4 is 10.5 Å². The molecule has 158 valence electrons. The lowest BCUT2D eigenvalue weighted by Gasteiger charge is -2.09. The zero-order valence-electron chi connectivity index (χ0n) is 14.5. The number of rotatable bonds is 8. The number of nitrogen functional groups attached to an aromatic ring is 1. The molecule has 10 nitrogen and oxygen atoms in total. The molecule has 0 saturated heterocycles. The predicted molar refractivity (Wildman–Crippen MR) is 103 cm³/mol. The number of nitrogens with zero attached hydrogens (tertiary/aromatic N) is 2. The van der Waals surface area contributed by atoms with Crippen LogP contribution in [-0.2, 0) is 20.2 Å². The van der Waals surface area contributed by atoms with E-state index in [1.807, 2.05) is 0 Å². The monoisotopic (exact) mass is 467 g/mol. The molecule has 0 radical (unpaired) electrons. The molecule has 0 amide bonds. The van der Waals surface area contributed by atoms with Crippen molar-refractivity contribution in [2.24, 2.45) is 10.2 Å². The Bertz CT molecular complexity index is 1150. The minimum absolute atomic E-state index is 0.00502. The van der Waals surface area contributed by atoms with Gasteiger partial charge in [-0.25, -0.2) is 4.39 Å². The number of azo groups is 1. The second-order valence-electron chi connectivity index (χ2n) is 5.62. The second-order valence-corrected chi connectivity index (χ2v) is 8.99. The van der Waals surface area contributed by atoms with Gasteiger partial charge in [-0.1, -0.05) is 11.6 Å². The van der Waals surface area contributed by atoms with Crippen molar-refractivity contribution in [2.75, 3.05) is 18.1 Å². The first-order chi connectivity index (χ1) is 13.4. The van der Waals surface area contributed by atoms with E-state index in [0.717, 1.165) is 18.2 Å². The van der Waals surface area contributed by atoms with Crippen LogP contribution in [0.1, 0.15) is 6.42 Å². The minimum Gasteiger partial charge on any atom is -0.491 e. The van der Waals surface area contributed by atoms with E-state index in [4.69, 9.17) is 31.2 Å². The zero-order chi connectivity index (χ0) is 21.8. The van der Waals surface area contributed by atoms with E-state index >= 15 is 0 Å². The van der Waals surface area contributed by atoms with Gasteiger partial charge in [0.05, 0.1) is 28.8 Å². The van der Waals surface area contributed by atoms with Crippen molar-refractivity contribution in [3.63, 3.8) is 0 Å². The molecular weight excluding hydrogens is 453 g/mol. The molecular formula is C15H15ClFN3O7S2. The van der Waals surface area contributed by atoms with Crippen LogP contribution in [0.15, 0.2) is 45.5 Å². The highest BCUT2D eigenvalue weighted by Gasteiger charge is 2.15. The van der Waals surface area contributed by atoms with Gasteiger partial charge in [-0.3, -0.25) is 9.11 Å². The van der Waals surface area contributed by atoms with Crippen LogP contribution in [-0.4, -0.2) is 38.3 Å². The Balaban J connectivity index is 2.22. The van der Waals surface area contributed by atoms with Crippen LogP contribution in [0.4, 0.5) is 21.5 Å². The summed E-state index contributed by atoms with van der Waals surface area (Å²) < 4.78 is 81.0. The number of hydrogen-bond acceptors (Lipinski definition) is 8. The Morgan fingerprint density at radius 1 is 1.10 bits per heavy atom. The molecule has 2 aromatic rings. The molecule has 0 bridgehead atoms. The molecule has 0 unspecified atom stereocenters. The number of ether oxygens (including phenoxy) is 1. The molecule has 14 heteroatoms. The summed E-state index contributed by atoms with van der Waals surface area (Å²) in [6.07, 6.45) is -0.0321. The quantitative estimate of drug-likeness (QED) is 0.229. The molecule has 2 aromatic carbocycles. The van der Waals surface area contributed by atoms with Crippen LogP contribution in [0.3, 0.4) is 0 Å². The molecule has 0 spiro atoms. The van der Waals surface area contributed by atoms with Gasteiger partial charge in [0.1, 0.15) is 16.3 Å². The maximum absolute atomic E-state index is 14.1. The van der Waals surface area contributed by atoms with Gasteiger partial charge in [0.15, 0.2) is 5.82 Å². The molecule has 0 saturated carbocycles. The van der Waals surface area contributed by atoms with Crippen molar-refractivity contribution in [3.05, 3.63) is 41.2 Å². The molecule has 2 rings (SSSR count). The molecule has 0 aliphatic rings. The summed E-state index contributed by atoms with van der Waals surface area (Å²) >= 11 is 5.69. The van der Waals surface area contributed by atoms with Crippen molar-refractivity contribution in [1.82, 2.24) is 0 Å². The van der Waals surface area contributed by atoms with Crippen molar-refractivity contribution in [3.8, 4) is 5.75 Å². The largest absolute Gasteiger partial charge is 0.491 e. The summed E-state index contributed by atoms with van der Waals surface area (Å²) in [4.78, 5) is -0.587. The average Bonchev–Trinajstić information content (AvgIpc) is 2.58. The number of nitrogens with two attached hydrogens (primary N) is 1. The van der Waals surface area contributed by atoms with E-state index in [2.05, 4.69) is 10.2 Å². The minimum atomic E-state index is -4.59. The van der Waals surface area contributed by atoms with Gasteiger partial charge in [-0.05, 0) is 24.6 Å². The van der Waals surface area contributed by atoms with Gasteiger partial charge in [0, 0.05) is 12.1 Å². The van der Waals surface area contributed by atoms with E-state index in [1.165, 1.54) is 12.1 Å². The topological polar surface area (TPSA) is 169 Å². The molecule has 0 aliphatic carbocycles. The number of anilines is 1. The smallest absolute Gasteiger partial charge is 0.296 e. The fourth-order valence-corrected chi connectivity index (χ4v) is 3.52. The molecule has 0 heterocycles. The van der Waals surface area contributed by atoms with Crippen molar-refractivity contribution >= 4 is 48.9 Å². The van der Waals surface area contributed by atoms with Gasteiger partial charge < -0.3 is 10.5 Å². The summed E-state index contributed by atoms with van der Waals surface area (Å²) in [7, 11) is -8.72. The lowest BCUT2D eigenvalue weighted by Crippen LogP contribution is -2.09. The lowest BCUT2D eigenvalue weighted by atomic mass is 10.2. The first kappa shape index (κ1) is 23.0. The van der Waals surface area contributed by atoms with Gasteiger partial charge in [-0.2, -0.15) is 21.9 Å². The van der Waals surface area contributed by atoms with Crippen LogP contribution in [0.25, 0.3) is 0 Å². The Morgan fingerprint density at radius 2 is 1.79 bits per heavy atom. The Hall–Kier alpha value is -2.32. The van der Waals surface area contributed by atoms with Gasteiger partial charge in [0.25, 0.3) is 20.2 Å². The summed E-state index contributed by atoms with van der Waals surface area (Å²) in [6, 6.07) is 5.44. The second kappa shape index (κ2) is 9.00. The SMILES string of the molecule is Nc1cc(F)c(N=Nc2ccc(Cl)c(S(=O)(=O)O)c2)cc1OCCCS(=O)(=O)O. The molecule has 0 aromatic heterocycles. The Kier molecular flexibility index (Phi) is 7.13. The van der Waals surface area contributed by atoms with Crippen LogP contribution in [0.2, 0.25) is 5.02 Å². The van der Waals surface area contributed by atoms with E-state index in [1.54, 1.807) is 0 Å². The van der Waals surface area contributed by atoms with Gasteiger partial charge >= 0.3 is 0 Å². The molecule has 4 N–H and O–H groups in total. The van der Waals surface area contributed by atoms with Crippen LogP contribution >= 0.6 is 11.6 Å². The first-order valence-electron chi connectivity index (χ1n) is 7.72. The highest BCUT2D eigenvalue weighted by atomic mass is 35.5. The summed E-state index contributed by atoms with van der Waals surface area (Å²) in [5, 5.41) is 7.12. The van der Waals surface area contributed by atoms with E-state index in [-0.39, 0.29) is 40.9 Å². The number of hydrogen-bond donors (Lipinski definition) is 3. The highest BCUT2D eigenvalue weighted by Crippen LogP contribution is 2.32. The molecule has 0 fully saturated rings. The van der Waals surface area contributed by atoms with E-state index < -0.39 is 36.7 Å². The van der Waals surface area contributed by atoms with Gasteiger partial charge in [0.2, 0.25) is 0 Å². The van der Waals surface area contributed by atoms with Crippen molar-refractivity contribution in [2.45, 2.75) is 11.3 Å². The number of benzene rings is 2. The summed E-state index contributed by atoms with van der Waals surface area (Å²) in [5.74, 6) is -1.36. The standard InChI is InChI=1S/C15H15ClFN3O7S2/c16-10-3-2-9(6-15(10)29(24,25)26)19-20-13-8-14(12(18)7-11(13)17)27-4-1-5-28(21,22)23/h2-3,6-8H,1,4-5,18H2,(H,21,22,23)(H,24,25,26). The predicted octanol–water partition coefficient (Wildman–Crippen LogP) is 3.38. The average molecular weight is 468 g/mol. The lowest BCUT2D eigenvalue weighted by molar-refractivity contribution is 0.317. The third-order valence-corrected chi connectivity index (χ3v) is 5.49. The van der Waals surface area contributed by atoms with Crippen molar-refractivity contribution in [1.29, 1.82) is 0 Å². The van der Waals surface area contributed by atoms with Crippen LogP contribution in [0, 0.1) is 5.82 Å². The summed E-state index contributed by atoms with van der Waals surface area (Å²) in [5.41, 5.74) is 5.23. The zero-order valence-corrected chi connectivity index (χ0v) is 16.9. The van der Waals surface area contributed by atoms with Gasteiger partial charge in [-0.15, -0.1) is 5.11 Å².